The van der Waals surface area contributed by atoms with E-state index in [2.05, 4.69) is 33.4 Å². The summed E-state index contributed by atoms with van der Waals surface area (Å²) in [5.74, 6) is 1.59. The zero-order valence-electron chi connectivity index (χ0n) is 13.1. The molecule has 5 heterocycles. The highest BCUT2D eigenvalue weighted by Crippen LogP contribution is 2.34. The van der Waals surface area contributed by atoms with Crippen LogP contribution in [-0.4, -0.2) is 40.3 Å². The third kappa shape index (κ3) is 2.71. The summed E-state index contributed by atoms with van der Waals surface area (Å²) in [6.45, 7) is 4.77. The van der Waals surface area contributed by atoms with Crippen molar-refractivity contribution < 1.29 is 0 Å². The number of nitrogens with one attached hydrogen (secondary N) is 1. The fraction of sp³-hybridized carbons (Fsp3) is 0.471. The zero-order chi connectivity index (χ0) is 15.8. The predicted molar refractivity (Wildman–Crippen MR) is 91.2 cm³/mol. The van der Waals surface area contributed by atoms with E-state index in [1.807, 2.05) is 24.3 Å². The molecule has 5 rings (SSSR count). The molecule has 2 atom stereocenters. The molecule has 0 radical (unpaired) electrons. The highest BCUT2D eigenvalue weighted by Gasteiger charge is 2.39. The number of hydrogen-bond donors (Lipinski definition) is 1. The van der Waals surface area contributed by atoms with E-state index in [0.29, 0.717) is 17.0 Å². The second kappa shape index (κ2) is 5.91. The monoisotopic (exact) mass is 325 g/mol. The van der Waals surface area contributed by atoms with Gasteiger partial charge in [0.1, 0.15) is 22.5 Å². The van der Waals surface area contributed by atoms with Crippen molar-refractivity contribution in [1.82, 2.24) is 15.1 Å². The van der Waals surface area contributed by atoms with E-state index in [-0.39, 0.29) is 0 Å². The van der Waals surface area contributed by atoms with E-state index >= 15 is 0 Å². The number of anilines is 1. The molecule has 3 fully saturated rings. The molecule has 3 saturated heterocycles. The van der Waals surface area contributed by atoms with Gasteiger partial charge in [-0.1, -0.05) is 0 Å². The van der Waals surface area contributed by atoms with Gasteiger partial charge in [0.05, 0.1) is 4.88 Å². The van der Waals surface area contributed by atoms with E-state index in [1.165, 1.54) is 37.3 Å². The molecule has 2 aromatic rings. The molecule has 0 spiro atoms. The van der Waals surface area contributed by atoms with E-state index in [1.54, 1.807) is 0 Å². The van der Waals surface area contributed by atoms with Crippen LogP contribution in [0.1, 0.15) is 24.6 Å². The molecular formula is C17H19N5S. The van der Waals surface area contributed by atoms with E-state index in [9.17, 15) is 0 Å². The summed E-state index contributed by atoms with van der Waals surface area (Å²) in [6, 6.07) is 10.9. The van der Waals surface area contributed by atoms with E-state index in [0.717, 1.165) is 22.3 Å². The van der Waals surface area contributed by atoms with Gasteiger partial charge in [0.2, 0.25) is 0 Å². The lowest BCUT2D eigenvalue weighted by Gasteiger charge is -2.50. The average Bonchev–Trinajstić information content (AvgIpc) is 3.08. The van der Waals surface area contributed by atoms with Crippen molar-refractivity contribution in [3.8, 4) is 16.6 Å². The minimum Gasteiger partial charge on any atom is -0.364 e. The Bertz CT molecular complexity index is 722. The summed E-state index contributed by atoms with van der Waals surface area (Å²) in [5.41, 5.74) is 0.823. The lowest BCUT2D eigenvalue weighted by Crippen LogP contribution is -2.59. The molecule has 6 heteroatoms. The number of rotatable bonds is 3. The predicted octanol–water partition coefficient (Wildman–Crippen LogP) is 2.97. The van der Waals surface area contributed by atoms with Gasteiger partial charge in [-0.2, -0.15) is 5.26 Å². The largest absolute Gasteiger partial charge is 0.364 e. The van der Waals surface area contributed by atoms with Gasteiger partial charge in [0.25, 0.3) is 0 Å². The molecule has 0 unspecified atom stereocenters. The molecule has 3 aliphatic heterocycles. The van der Waals surface area contributed by atoms with Gasteiger partial charge in [0.15, 0.2) is 0 Å². The Kier molecular flexibility index (Phi) is 3.76. The fourth-order valence-electron chi connectivity index (χ4n) is 3.79. The van der Waals surface area contributed by atoms with Crippen LogP contribution in [0.4, 0.5) is 5.82 Å². The average molecular weight is 325 g/mol. The van der Waals surface area contributed by atoms with Crippen molar-refractivity contribution >= 4 is 17.2 Å². The molecular weight excluding hydrogens is 306 g/mol. The van der Waals surface area contributed by atoms with Crippen LogP contribution in [0.2, 0.25) is 0 Å². The molecule has 23 heavy (non-hydrogen) atoms. The standard InChI is InChI=1S/C17H19N5S/c1-11-17(12-6-8-22(11)9-7-12)19-16-5-3-14(20-21-16)15-4-2-13(10-18)23-15/h2-5,11-12,17H,6-9H2,1H3,(H,19,21)/t11-,17-/m1/s1. The topological polar surface area (TPSA) is 64.8 Å². The number of fused-ring (bicyclic) bond motifs is 3. The maximum absolute atomic E-state index is 8.91. The summed E-state index contributed by atoms with van der Waals surface area (Å²) in [5, 5.41) is 21.2. The Morgan fingerprint density at radius 3 is 2.65 bits per heavy atom. The first-order chi connectivity index (χ1) is 11.2. The van der Waals surface area contributed by atoms with Gasteiger partial charge >= 0.3 is 0 Å². The molecule has 2 aromatic heterocycles. The van der Waals surface area contributed by atoms with Crippen LogP contribution in [0.15, 0.2) is 24.3 Å². The van der Waals surface area contributed by atoms with E-state index < -0.39 is 0 Å². The Hall–Kier alpha value is -1.97. The smallest absolute Gasteiger partial charge is 0.148 e. The minimum atomic E-state index is 0.463. The molecule has 118 valence electrons. The summed E-state index contributed by atoms with van der Waals surface area (Å²) in [7, 11) is 0. The lowest BCUT2D eigenvalue weighted by molar-refractivity contribution is 0.0457. The number of hydrogen-bond acceptors (Lipinski definition) is 6. The number of nitrogens with zero attached hydrogens (tertiary/aromatic N) is 4. The maximum Gasteiger partial charge on any atom is 0.148 e. The Labute approximate surface area is 140 Å². The SMILES string of the molecule is C[C@@H]1[C@@H](Nc2ccc(-c3ccc(C#N)s3)nn2)C2CCN1CC2. The summed E-state index contributed by atoms with van der Waals surface area (Å²) in [4.78, 5) is 4.25. The highest BCUT2D eigenvalue weighted by atomic mass is 32.1. The van der Waals surface area contributed by atoms with Gasteiger partial charge in [-0.25, -0.2) is 0 Å². The van der Waals surface area contributed by atoms with Crippen LogP contribution in [0.5, 0.6) is 0 Å². The van der Waals surface area contributed by atoms with Crippen molar-refractivity contribution in [2.24, 2.45) is 5.92 Å². The summed E-state index contributed by atoms with van der Waals surface area (Å²) < 4.78 is 0. The number of nitriles is 1. The summed E-state index contributed by atoms with van der Waals surface area (Å²) in [6.07, 6.45) is 2.55. The Morgan fingerprint density at radius 2 is 2.04 bits per heavy atom. The Morgan fingerprint density at radius 1 is 1.22 bits per heavy atom. The maximum atomic E-state index is 8.91. The van der Waals surface area contributed by atoms with Crippen LogP contribution in [0.25, 0.3) is 10.6 Å². The first-order valence-corrected chi connectivity index (χ1v) is 8.91. The van der Waals surface area contributed by atoms with Crippen LogP contribution in [-0.2, 0) is 0 Å². The van der Waals surface area contributed by atoms with Crippen molar-refractivity contribution in [2.45, 2.75) is 31.8 Å². The number of piperidine rings is 3. The normalized spacial score (nSPS) is 29.2. The fourth-order valence-corrected chi connectivity index (χ4v) is 4.56. The highest BCUT2D eigenvalue weighted by molar-refractivity contribution is 7.15. The molecule has 0 saturated carbocycles. The molecule has 2 bridgehead atoms. The van der Waals surface area contributed by atoms with Crippen LogP contribution in [0.3, 0.4) is 0 Å². The number of aromatic nitrogens is 2. The minimum absolute atomic E-state index is 0.463. The van der Waals surface area contributed by atoms with Crippen molar-refractivity contribution in [1.29, 1.82) is 5.26 Å². The molecule has 0 aliphatic carbocycles. The molecule has 0 aromatic carbocycles. The zero-order valence-corrected chi connectivity index (χ0v) is 13.9. The van der Waals surface area contributed by atoms with Gasteiger partial charge in [-0.3, -0.25) is 4.90 Å². The molecule has 1 N–H and O–H groups in total. The van der Waals surface area contributed by atoms with Crippen LogP contribution in [0, 0.1) is 17.2 Å². The number of thiophene rings is 1. The van der Waals surface area contributed by atoms with Gasteiger partial charge < -0.3 is 5.32 Å². The first-order valence-electron chi connectivity index (χ1n) is 8.09. The van der Waals surface area contributed by atoms with Gasteiger partial charge in [0, 0.05) is 12.1 Å². The van der Waals surface area contributed by atoms with Crippen LogP contribution < -0.4 is 5.32 Å². The first kappa shape index (κ1) is 14.6. The quantitative estimate of drug-likeness (QED) is 0.940. The van der Waals surface area contributed by atoms with Gasteiger partial charge in [-0.15, -0.1) is 21.5 Å². The molecule has 0 amide bonds. The Balaban J connectivity index is 1.49. The van der Waals surface area contributed by atoms with Crippen molar-refractivity contribution in [2.75, 3.05) is 18.4 Å². The lowest BCUT2D eigenvalue weighted by atomic mass is 9.79. The third-order valence-corrected chi connectivity index (χ3v) is 6.14. The van der Waals surface area contributed by atoms with Crippen molar-refractivity contribution in [3.63, 3.8) is 0 Å². The second-order valence-corrected chi connectivity index (χ2v) is 7.45. The summed E-state index contributed by atoms with van der Waals surface area (Å²) >= 11 is 1.45. The third-order valence-electron chi connectivity index (χ3n) is 5.13. The molecule has 3 aliphatic rings. The van der Waals surface area contributed by atoms with E-state index in [4.69, 9.17) is 5.26 Å². The van der Waals surface area contributed by atoms with Gasteiger partial charge in [-0.05, 0) is 63.0 Å². The van der Waals surface area contributed by atoms with Crippen LogP contribution >= 0.6 is 11.3 Å². The molecule has 5 nitrogen and oxygen atoms in total. The second-order valence-electron chi connectivity index (χ2n) is 6.36. The van der Waals surface area contributed by atoms with Crippen molar-refractivity contribution in [3.05, 3.63) is 29.1 Å².